The molecule has 5 aromatic rings. The van der Waals surface area contributed by atoms with Gasteiger partial charge in [0.05, 0.1) is 16.9 Å². The van der Waals surface area contributed by atoms with Crippen LogP contribution >= 0.6 is 0 Å². The van der Waals surface area contributed by atoms with Gasteiger partial charge in [0.15, 0.2) is 0 Å². The maximum absolute atomic E-state index is 4.63. The zero-order chi connectivity index (χ0) is 40.1. The van der Waals surface area contributed by atoms with Gasteiger partial charge in [-0.1, -0.05) is 158 Å². The number of nitrogens with zero attached hydrogens (tertiary/aromatic N) is 1. The molecule has 9 rings (SSSR count). The monoisotopic (exact) mass is 735 g/mol. The third-order valence-electron chi connectivity index (χ3n) is 11.5. The summed E-state index contributed by atoms with van der Waals surface area (Å²) in [5.74, 6) is 0. The minimum Gasteiger partial charge on any atom is -0.309 e. The molecule has 1 heteroatoms. The summed E-state index contributed by atoms with van der Waals surface area (Å²) < 4.78 is 2.55. The molecule has 4 aromatic carbocycles. The van der Waals surface area contributed by atoms with Crippen molar-refractivity contribution in [2.45, 2.75) is 99.8 Å². The second kappa shape index (κ2) is 17.2. The summed E-state index contributed by atoms with van der Waals surface area (Å²) in [6.45, 7) is 27.2. The number of hydrogen-bond acceptors (Lipinski definition) is 0. The normalized spacial score (nSPS) is 17.2. The first-order valence-electron chi connectivity index (χ1n) is 21.0. The van der Waals surface area contributed by atoms with Gasteiger partial charge in [0.25, 0.3) is 0 Å². The zero-order valence-electron chi connectivity index (χ0n) is 35.4. The molecule has 1 saturated carbocycles. The third kappa shape index (κ3) is 6.76. The van der Waals surface area contributed by atoms with Crippen molar-refractivity contribution in [3.05, 3.63) is 190 Å². The van der Waals surface area contributed by atoms with Gasteiger partial charge >= 0.3 is 0 Å². The summed E-state index contributed by atoms with van der Waals surface area (Å²) in [7, 11) is 0. The Bertz CT molecular complexity index is 2510. The highest BCUT2D eigenvalue weighted by molar-refractivity contribution is 6.01. The molecule has 4 aliphatic rings. The zero-order valence-corrected chi connectivity index (χ0v) is 35.4. The lowest BCUT2D eigenvalue weighted by molar-refractivity contribution is 0.661. The molecule has 0 saturated heterocycles. The summed E-state index contributed by atoms with van der Waals surface area (Å²) in [5, 5.41) is 3.97. The molecule has 286 valence electrons. The lowest BCUT2D eigenvalue weighted by atomic mass is 9.82. The Labute approximate surface area is 337 Å². The number of fused-ring (bicyclic) bond motifs is 8. The quantitative estimate of drug-likeness (QED) is 0.162. The highest BCUT2D eigenvalue weighted by atomic mass is 15.0. The predicted molar refractivity (Wildman–Crippen MR) is 248 cm³/mol. The Morgan fingerprint density at radius 2 is 1.48 bits per heavy atom. The lowest BCUT2D eigenvalue weighted by Gasteiger charge is -2.21. The summed E-state index contributed by atoms with van der Waals surface area (Å²) >= 11 is 0. The van der Waals surface area contributed by atoms with Crippen LogP contribution in [0, 0.1) is 0 Å². The molecular weight excluding hydrogens is 675 g/mol. The molecule has 0 spiro atoms. The molecule has 4 aliphatic carbocycles. The van der Waals surface area contributed by atoms with Crippen molar-refractivity contribution in [1.82, 2.24) is 4.57 Å². The summed E-state index contributed by atoms with van der Waals surface area (Å²) in [6, 6.07) is 27.8. The fourth-order valence-electron chi connectivity index (χ4n) is 9.25. The van der Waals surface area contributed by atoms with E-state index in [4.69, 9.17) is 0 Å². The highest BCUT2D eigenvalue weighted by Gasteiger charge is 2.36. The first kappa shape index (κ1) is 40.3. The first-order chi connectivity index (χ1) is 27.3. The van der Waals surface area contributed by atoms with E-state index in [1.54, 1.807) is 6.08 Å². The molecule has 0 bridgehead atoms. The summed E-state index contributed by atoms with van der Waals surface area (Å²) in [5.41, 5.74) is 20.2. The largest absolute Gasteiger partial charge is 0.309 e. The van der Waals surface area contributed by atoms with Gasteiger partial charge in [-0.05, 0) is 137 Å². The smallest absolute Gasteiger partial charge is 0.0544 e. The number of rotatable bonds is 4. The van der Waals surface area contributed by atoms with Gasteiger partial charge in [-0.25, -0.2) is 0 Å². The van der Waals surface area contributed by atoms with E-state index in [9.17, 15) is 0 Å². The first-order valence-corrected chi connectivity index (χ1v) is 21.0. The van der Waals surface area contributed by atoms with E-state index in [-0.39, 0.29) is 5.41 Å². The van der Waals surface area contributed by atoms with Crippen LogP contribution in [0.1, 0.15) is 110 Å². The Balaban J connectivity index is 0.000000716. The Kier molecular flexibility index (Phi) is 12.3. The van der Waals surface area contributed by atoms with E-state index in [0.29, 0.717) is 0 Å². The van der Waals surface area contributed by atoms with Crippen molar-refractivity contribution in [3.63, 3.8) is 0 Å². The van der Waals surface area contributed by atoms with Crippen LogP contribution in [0.2, 0.25) is 0 Å². The van der Waals surface area contributed by atoms with E-state index < -0.39 is 0 Å². The second-order valence-electron chi connectivity index (χ2n) is 15.1. The second-order valence-corrected chi connectivity index (χ2v) is 15.1. The Morgan fingerprint density at radius 1 is 0.804 bits per heavy atom. The minimum atomic E-state index is -0.0338. The van der Waals surface area contributed by atoms with E-state index in [1.807, 2.05) is 34.6 Å². The third-order valence-corrected chi connectivity index (χ3v) is 11.5. The molecule has 1 aromatic heterocycles. The molecule has 0 unspecified atom stereocenters. The van der Waals surface area contributed by atoms with Crippen LogP contribution in [0.5, 0.6) is 0 Å². The van der Waals surface area contributed by atoms with Gasteiger partial charge < -0.3 is 4.57 Å². The molecule has 1 heterocycles. The van der Waals surface area contributed by atoms with Crippen molar-refractivity contribution in [1.29, 1.82) is 0 Å². The number of benzene rings is 4. The van der Waals surface area contributed by atoms with Crippen LogP contribution in [0.4, 0.5) is 0 Å². The summed E-state index contributed by atoms with van der Waals surface area (Å²) in [6.07, 6.45) is 23.1. The highest BCUT2D eigenvalue weighted by Crippen LogP contribution is 2.51. The van der Waals surface area contributed by atoms with Crippen LogP contribution in [0.15, 0.2) is 162 Å². The molecule has 1 fully saturated rings. The predicted octanol–water partition coefficient (Wildman–Crippen LogP) is 15.9. The number of hydrogen-bond donors (Lipinski definition) is 0. The van der Waals surface area contributed by atoms with Crippen molar-refractivity contribution in [2.24, 2.45) is 0 Å². The maximum Gasteiger partial charge on any atom is 0.0544 e. The number of aromatic nitrogens is 1. The molecule has 0 aliphatic heterocycles. The standard InChI is InChI=1S/C48H43N.C3H6.2C2H6/c1-6-16-39-35-19-12-10-17-33(35)31(3)47(39)30(2)27-32-25-26-45(37-22-13-11-18-34(32)37)49-44-24-9-7-8-21-38(44)41-28-43-40(29-46(41)49)36-20-14-15-23-42(36)48(43,4)5;1-3-2;2*1-2/h7-9,11,13-20,22-26,28-29H,3,6,10,12,21,27H2,1-2,4-5H3;3H,1H2,2H3;2*1-2H3/b39-16-,47-30-;;;. The van der Waals surface area contributed by atoms with E-state index >= 15 is 0 Å². The van der Waals surface area contributed by atoms with E-state index in [0.717, 1.165) is 32.1 Å². The van der Waals surface area contributed by atoms with Crippen molar-refractivity contribution in [2.75, 3.05) is 0 Å². The van der Waals surface area contributed by atoms with Gasteiger partial charge in [-0.3, -0.25) is 0 Å². The molecule has 0 radical (unpaired) electrons. The molecular formula is C55H61N. The van der Waals surface area contributed by atoms with Crippen molar-refractivity contribution >= 4 is 27.8 Å². The van der Waals surface area contributed by atoms with E-state index in [1.165, 1.54) is 99.9 Å². The van der Waals surface area contributed by atoms with Gasteiger partial charge in [-0.15, -0.1) is 6.58 Å². The van der Waals surface area contributed by atoms with E-state index in [2.05, 4.69) is 161 Å². The van der Waals surface area contributed by atoms with Gasteiger partial charge in [-0.2, -0.15) is 0 Å². The van der Waals surface area contributed by atoms with Crippen molar-refractivity contribution < 1.29 is 0 Å². The van der Waals surface area contributed by atoms with Gasteiger partial charge in [0.1, 0.15) is 0 Å². The lowest BCUT2D eigenvalue weighted by Crippen LogP contribution is -2.14. The molecule has 0 amide bonds. The molecule has 56 heavy (non-hydrogen) atoms. The fraction of sp³-hybridized carbons (Fsp3) is 0.273. The number of allylic oxidation sites excluding steroid dienone is 13. The van der Waals surface area contributed by atoms with Crippen LogP contribution in [0.25, 0.3) is 44.6 Å². The molecule has 1 nitrogen and oxygen atoms in total. The Morgan fingerprint density at radius 3 is 2.21 bits per heavy atom. The fourth-order valence-corrected chi connectivity index (χ4v) is 9.25. The van der Waals surface area contributed by atoms with Crippen LogP contribution in [0.3, 0.4) is 0 Å². The molecule has 0 atom stereocenters. The topological polar surface area (TPSA) is 4.93 Å². The van der Waals surface area contributed by atoms with Crippen LogP contribution in [-0.4, -0.2) is 4.57 Å². The van der Waals surface area contributed by atoms with Crippen molar-refractivity contribution in [3.8, 4) is 16.8 Å². The maximum atomic E-state index is 4.63. The van der Waals surface area contributed by atoms with Crippen LogP contribution < -0.4 is 0 Å². The summed E-state index contributed by atoms with van der Waals surface area (Å²) in [4.78, 5) is 0. The minimum absolute atomic E-state index is 0.0338. The molecule has 0 N–H and O–H groups in total. The van der Waals surface area contributed by atoms with Gasteiger partial charge in [0.2, 0.25) is 0 Å². The SMILES string of the molecule is C=C1C2=CCCC=C2C(=C/CC)/C1=C(/C)Cc1ccc(-n2c3c(c4cc5c(cc42)-c2ccccc2C5(C)C)CC=CC=C3)c2ccccc12.C=CC.CC.CC. The average molecular weight is 736 g/mol. The average Bonchev–Trinajstić information content (AvgIpc) is 3.66. The van der Waals surface area contributed by atoms with Crippen LogP contribution in [-0.2, 0) is 18.3 Å². The van der Waals surface area contributed by atoms with Gasteiger partial charge in [0, 0.05) is 16.2 Å². The Hall–Kier alpha value is -5.40.